The molecule has 2 aromatic carbocycles. The van der Waals surface area contributed by atoms with Crippen LogP contribution in [0.25, 0.3) is 11.4 Å². The van der Waals surface area contributed by atoms with Crippen molar-refractivity contribution >= 4 is 35.6 Å². The van der Waals surface area contributed by atoms with Crippen LogP contribution in [0.2, 0.25) is 0 Å². The van der Waals surface area contributed by atoms with Crippen molar-refractivity contribution in [2.75, 3.05) is 79.9 Å². The number of unbranched alkanes of at least 4 members (excludes halogenated alkanes) is 2. The Morgan fingerprint density at radius 2 is 0.869 bits per heavy atom. The summed E-state index contributed by atoms with van der Waals surface area (Å²) >= 11 is 0. The van der Waals surface area contributed by atoms with Crippen LogP contribution in [0.3, 0.4) is 0 Å². The van der Waals surface area contributed by atoms with Crippen molar-refractivity contribution in [3.8, 4) is 11.4 Å². The van der Waals surface area contributed by atoms with Gasteiger partial charge in [0.1, 0.15) is 11.6 Å². The normalized spacial score (nSPS) is 18.7. The third kappa shape index (κ3) is 22.8. The molecular weight excluding hydrogens is 1070 g/mol. The van der Waals surface area contributed by atoms with Crippen molar-refractivity contribution in [3.63, 3.8) is 0 Å². The Kier molecular flexibility index (Phi) is 30.7. The Morgan fingerprint density at radius 3 is 1.20 bits per heavy atom. The second-order valence-corrected chi connectivity index (χ2v) is 22.1. The Balaban J connectivity index is 0.000000272. The molecule has 0 saturated heterocycles. The van der Waals surface area contributed by atoms with Gasteiger partial charge in [0.15, 0.2) is 0 Å². The van der Waals surface area contributed by atoms with Crippen molar-refractivity contribution in [1.29, 1.82) is 0 Å². The summed E-state index contributed by atoms with van der Waals surface area (Å²) in [7, 11) is 3.25. The van der Waals surface area contributed by atoms with E-state index in [1.807, 2.05) is 57.9 Å². The van der Waals surface area contributed by atoms with Crippen molar-refractivity contribution in [1.82, 2.24) is 40.8 Å². The first-order valence-electron chi connectivity index (χ1n) is 31.0. The largest absolute Gasteiger partial charge is 0.449 e. The molecular formula is C64H98N10O10. The molecule has 2 saturated carbocycles. The fourth-order valence-corrected chi connectivity index (χ4v) is 10.8. The first-order valence-corrected chi connectivity index (χ1v) is 31.0. The molecule has 6 atom stereocenters. The number of ether oxygens (including phenoxy) is 4. The van der Waals surface area contributed by atoms with Gasteiger partial charge in [-0.3, -0.25) is 19.2 Å². The number of benzene rings is 2. The second-order valence-electron chi connectivity index (χ2n) is 22.1. The van der Waals surface area contributed by atoms with Crippen molar-refractivity contribution in [3.05, 3.63) is 94.6 Å². The maximum Gasteiger partial charge on any atom is 0.407 e. The zero-order valence-corrected chi connectivity index (χ0v) is 51.1. The van der Waals surface area contributed by atoms with E-state index in [-0.39, 0.29) is 23.4 Å². The lowest BCUT2D eigenvalue weighted by molar-refractivity contribution is -0.121. The van der Waals surface area contributed by atoms with Crippen LogP contribution in [0.15, 0.2) is 60.9 Å². The Bertz CT molecular complexity index is 2380. The number of alkyl carbamates (subject to hydrolysis) is 2. The van der Waals surface area contributed by atoms with Crippen LogP contribution in [0.4, 0.5) is 9.59 Å². The summed E-state index contributed by atoms with van der Waals surface area (Å²) in [6.45, 7) is 13.1. The van der Waals surface area contributed by atoms with E-state index in [2.05, 4.69) is 61.4 Å². The molecule has 2 heterocycles. The van der Waals surface area contributed by atoms with Gasteiger partial charge in [0.2, 0.25) is 0 Å². The standard InChI is InChI=1S/2C29H40N4O5.2C3H9N/c2*1-3-4-5-23(34)14-16-37-17-15-31-29(36)38-19-26-24-11-8-21-18-33(32-27(21)13-12-25(24)26)22-9-6-20(7-10-22)28(35)30-2;2*1-2-3-4/h2*6-7,9-10,18,24-26H,3-5,8,11-17,19H2,1-2H3,(H,30,35)(H,31,36);2*2-4H2,1H3. The van der Waals surface area contributed by atoms with Gasteiger partial charge in [0.25, 0.3) is 11.8 Å². The molecule has 6 unspecified atom stereocenters. The average Bonchev–Trinajstić information content (AvgIpc) is 4.11. The molecule has 4 amide bonds. The van der Waals surface area contributed by atoms with Crippen molar-refractivity contribution < 1.29 is 47.7 Å². The average molecular weight is 1170 g/mol. The molecule has 20 nitrogen and oxygen atoms in total. The third-order valence-electron chi connectivity index (χ3n) is 16.0. The predicted octanol–water partition coefficient (Wildman–Crippen LogP) is 8.44. The van der Waals surface area contributed by atoms with Crippen LogP contribution in [0.1, 0.15) is 161 Å². The minimum Gasteiger partial charge on any atom is -0.449 e. The summed E-state index contributed by atoms with van der Waals surface area (Å²) in [6, 6.07) is 14.9. The number of Topliss-reactive ketones (excluding diaryl/α,β-unsaturated/α-hetero) is 2. The van der Waals surface area contributed by atoms with Gasteiger partial charge in [-0.2, -0.15) is 10.2 Å². The molecule has 2 fully saturated rings. The molecule has 0 radical (unpaired) electrons. The SMILES string of the molecule is CCCCC(=O)CCOCCNC(=O)OCC1C2CCc3cn(-c4ccc(C(=O)NC)cc4)nc3CCC21.CCCCC(=O)CCOCCNC(=O)OCC1C2CCc3cn(-c4ccc(C(=O)NC)cc4)nc3CCC21.CCCN.CCCN. The Labute approximate surface area is 498 Å². The van der Waals surface area contributed by atoms with E-state index in [0.29, 0.717) is 125 Å². The highest BCUT2D eigenvalue weighted by molar-refractivity contribution is 5.94. The van der Waals surface area contributed by atoms with Crippen LogP contribution in [-0.4, -0.2) is 135 Å². The van der Waals surface area contributed by atoms with Gasteiger partial charge >= 0.3 is 12.2 Å². The molecule has 0 bridgehead atoms. The quantitative estimate of drug-likeness (QED) is 0.0291. The van der Waals surface area contributed by atoms with Crippen molar-refractivity contribution in [2.24, 2.45) is 47.0 Å². The maximum atomic E-state index is 12.1. The molecule has 2 aromatic heterocycles. The summed E-state index contributed by atoms with van der Waals surface area (Å²) in [4.78, 5) is 71.0. The Morgan fingerprint density at radius 1 is 0.512 bits per heavy atom. The van der Waals surface area contributed by atoms with E-state index < -0.39 is 12.2 Å². The number of hydrogen-bond donors (Lipinski definition) is 6. The van der Waals surface area contributed by atoms with Gasteiger partial charge in [-0.1, -0.05) is 40.5 Å². The van der Waals surface area contributed by atoms with E-state index in [9.17, 15) is 28.8 Å². The van der Waals surface area contributed by atoms with Gasteiger partial charge in [0, 0.05) is 76.4 Å². The van der Waals surface area contributed by atoms with Crippen LogP contribution >= 0.6 is 0 Å². The van der Waals surface area contributed by atoms with E-state index in [1.54, 1.807) is 14.1 Å². The first kappa shape index (κ1) is 68.3. The van der Waals surface area contributed by atoms with Gasteiger partial charge in [-0.15, -0.1) is 0 Å². The minimum atomic E-state index is -0.408. The lowest BCUT2D eigenvalue weighted by Crippen LogP contribution is -2.29. The summed E-state index contributed by atoms with van der Waals surface area (Å²) in [5, 5.41) is 20.4. The zero-order valence-electron chi connectivity index (χ0n) is 51.1. The highest BCUT2D eigenvalue weighted by Gasteiger charge is 2.51. The van der Waals surface area contributed by atoms with Gasteiger partial charge < -0.3 is 51.7 Å². The number of amides is 4. The number of ketones is 2. The summed E-state index contributed by atoms with van der Waals surface area (Å²) in [6.07, 6.45) is 19.6. The highest BCUT2D eigenvalue weighted by atomic mass is 16.6. The van der Waals surface area contributed by atoms with E-state index in [4.69, 9.17) is 40.6 Å². The van der Waals surface area contributed by atoms with Crippen molar-refractivity contribution in [2.45, 2.75) is 143 Å². The van der Waals surface area contributed by atoms with Gasteiger partial charge in [-0.25, -0.2) is 19.0 Å². The number of rotatable bonds is 28. The van der Waals surface area contributed by atoms with Crippen LogP contribution in [0.5, 0.6) is 0 Å². The number of fused-ring (bicyclic) bond motifs is 4. The lowest BCUT2D eigenvalue weighted by Gasteiger charge is -2.07. The highest BCUT2D eigenvalue weighted by Crippen LogP contribution is 2.54. The van der Waals surface area contributed by atoms with E-state index >= 15 is 0 Å². The second kappa shape index (κ2) is 37.8. The fraction of sp³-hybridized carbons (Fsp3) is 0.625. The number of aromatic nitrogens is 4. The molecule has 4 aliphatic rings. The number of nitrogens with zero attached hydrogens (tertiary/aromatic N) is 4. The number of carbonyl (C=O) groups is 6. The van der Waals surface area contributed by atoms with E-state index in [1.165, 1.54) is 11.1 Å². The zero-order chi connectivity index (χ0) is 60.6. The fourth-order valence-electron chi connectivity index (χ4n) is 10.8. The van der Waals surface area contributed by atoms with Crippen LogP contribution < -0.4 is 32.7 Å². The van der Waals surface area contributed by atoms with E-state index in [0.717, 1.165) is 126 Å². The number of nitrogens with one attached hydrogen (secondary N) is 4. The van der Waals surface area contributed by atoms with Crippen LogP contribution in [0, 0.1) is 35.5 Å². The number of carbonyl (C=O) groups excluding carboxylic acids is 6. The number of aryl methyl sites for hydroxylation is 4. The van der Waals surface area contributed by atoms with Gasteiger partial charge in [0.05, 0.1) is 62.4 Å². The molecule has 20 heteroatoms. The minimum absolute atomic E-state index is 0.101. The Hall–Kier alpha value is -6.48. The molecule has 4 aliphatic carbocycles. The smallest absolute Gasteiger partial charge is 0.407 e. The topological polar surface area (TPSA) is 275 Å². The number of hydrogen-bond acceptors (Lipinski definition) is 14. The molecule has 0 aliphatic heterocycles. The summed E-state index contributed by atoms with van der Waals surface area (Å²) in [5.74, 6) is 3.40. The summed E-state index contributed by atoms with van der Waals surface area (Å²) in [5.41, 5.74) is 18.0. The molecule has 8 rings (SSSR count). The van der Waals surface area contributed by atoms with Gasteiger partial charge in [-0.05, 0) is 185 Å². The molecule has 4 aromatic rings. The molecule has 464 valence electrons. The monoisotopic (exact) mass is 1170 g/mol. The molecule has 84 heavy (non-hydrogen) atoms. The first-order chi connectivity index (χ1) is 40.8. The molecule has 8 N–H and O–H groups in total. The van der Waals surface area contributed by atoms with Crippen LogP contribution in [-0.2, 0) is 54.2 Å². The summed E-state index contributed by atoms with van der Waals surface area (Å²) < 4.78 is 25.7. The maximum absolute atomic E-state index is 12.1. The molecule has 0 spiro atoms. The predicted molar refractivity (Wildman–Crippen MR) is 325 cm³/mol. The third-order valence-corrected chi connectivity index (χ3v) is 16.0. The lowest BCUT2D eigenvalue weighted by atomic mass is 9.99. The number of nitrogens with two attached hydrogens (primary N) is 2.